The Kier molecular flexibility index (Phi) is 4.94. The number of benzene rings is 1. The van der Waals surface area contributed by atoms with Crippen LogP contribution in [0.1, 0.15) is 31.7 Å². The fourth-order valence-corrected chi connectivity index (χ4v) is 2.92. The number of hydrogen-bond donors (Lipinski definition) is 0. The second-order valence-electron chi connectivity index (χ2n) is 6.42. The minimum atomic E-state index is 0.0780. The molecule has 2 unspecified atom stereocenters. The van der Waals surface area contributed by atoms with Gasteiger partial charge >= 0.3 is 0 Å². The SMILES string of the molecule is Cc1ccc(-c2nnc(CCC(=O)N3CC(C)OC(C)C3)o2)cc1. The number of amides is 1. The molecule has 6 heteroatoms. The van der Waals surface area contributed by atoms with Crippen molar-refractivity contribution in [3.63, 3.8) is 0 Å². The van der Waals surface area contributed by atoms with E-state index in [4.69, 9.17) is 9.15 Å². The molecule has 2 atom stereocenters. The van der Waals surface area contributed by atoms with Crippen LogP contribution in [0, 0.1) is 6.92 Å². The maximum Gasteiger partial charge on any atom is 0.247 e. The zero-order chi connectivity index (χ0) is 17.1. The van der Waals surface area contributed by atoms with Crippen LogP contribution >= 0.6 is 0 Å². The van der Waals surface area contributed by atoms with E-state index >= 15 is 0 Å². The van der Waals surface area contributed by atoms with E-state index in [1.807, 2.05) is 49.9 Å². The quantitative estimate of drug-likeness (QED) is 0.862. The summed E-state index contributed by atoms with van der Waals surface area (Å²) >= 11 is 0. The smallest absolute Gasteiger partial charge is 0.247 e. The normalized spacial score (nSPS) is 21.0. The summed E-state index contributed by atoms with van der Waals surface area (Å²) in [6.07, 6.45) is 0.982. The number of carbonyl (C=O) groups excluding carboxylic acids is 1. The lowest BCUT2D eigenvalue weighted by Gasteiger charge is -2.35. The third kappa shape index (κ3) is 4.00. The van der Waals surface area contributed by atoms with Gasteiger partial charge in [0.05, 0.1) is 12.2 Å². The topological polar surface area (TPSA) is 68.5 Å². The van der Waals surface area contributed by atoms with Crippen LogP contribution in [0.4, 0.5) is 0 Å². The van der Waals surface area contributed by atoms with E-state index < -0.39 is 0 Å². The molecule has 1 aromatic carbocycles. The second kappa shape index (κ2) is 7.13. The molecule has 0 N–H and O–H groups in total. The van der Waals surface area contributed by atoms with E-state index in [0.717, 1.165) is 5.56 Å². The Balaban J connectivity index is 1.57. The summed E-state index contributed by atoms with van der Waals surface area (Å²) in [6, 6.07) is 7.91. The number of rotatable bonds is 4. The van der Waals surface area contributed by atoms with Crippen LogP contribution in [-0.4, -0.2) is 46.3 Å². The molecule has 1 saturated heterocycles. The van der Waals surface area contributed by atoms with E-state index in [1.165, 1.54) is 5.56 Å². The molecule has 0 saturated carbocycles. The van der Waals surface area contributed by atoms with Gasteiger partial charge in [0.2, 0.25) is 17.7 Å². The average molecular weight is 329 g/mol. The van der Waals surface area contributed by atoms with Crippen LogP contribution in [0.5, 0.6) is 0 Å². The molecule has 2 heterocycles. The summed E-state index contributed by atoms with van der Waals surface area (Å²) in [4.78, 5) is 14.2. The largest absolute Gasteiger partial charge is 0.421 e. The van der Waals surface area contributed by atoms with Crippen LogP contribution in [0.3, 0.4) is 0 Å². The first-order valence-electron chi connectivity index (χ1n) is 8.34. The Hall–Kier alpha value is -2.21. The molecular weight excluding hydrogens is 306 g/mol. The lowest BCUT2D eigenvalue weighted by atomic mass is 10.1. The van der Waals surface area contributed by atoms with Gasteiger partial charge in [-0.1, -0.05) is 17.7 Å². The highest BCUT2D eigenvalue weighted by Gasteiger charge is 2.25. The highest BCUT2D eigenvalue weighted by Crippen LogP contribution is 2.19. The first-order valence-corrected chi connectivity index (χ1v) is 8.34. The highest BCUT2D eigenvalue weighted by molar-refractivity contribution is 5.76. The van der Waals surface area contributed by atoms with E-state index in [1.54, 1.807) is 0 Å². The van der Waals surface area contributed by atoms with Gasteiger partial charge in [-0.15, -0.1) is 10.2 Å². The molecule has 2 aromatic rings. The van der Waals surface area contributed by atoms with Crippen molar-refractivity contribution >= 4 is 5.91 Å². The van der Waals surface area contributed by atoms with Gasteiger partial charge in [-0.05, 0) is 32.9 Å². The minimum absolute atomic E-state index is 0.0780. The van der Waals surface area contributed by atoms with Crippen molar-refractivity contribution in [3.05, 3.63) is 35.7 Å². The van der Waals surface area contributed by atoms with E-state index in [-0.39, 0.29) is 18.1 Å². The van der Waals surface area contributed by atoms with Crippen LogP contribution in [-0.2, 0) is 16.0 Å². The predicted molar refractivity (Wildman–Crippen MR) is 89.4 cm³/mol. The summed E-state index contributed by atoms with van der Waals surface area (Å²) < 4.78 is 11.3. The molecule has 0 aliphatic carbocycles. The van der Waals surface area contributed by atoms with Gasteiger partial charge in [-0.3, -0.25) is 4.79 Å². The van der Waals surface area contributed by atoms with Crippen LogP contribution in [0.2, 0.25) is 0 Å². The maximum absolute atomic E-state index is 12.4. The zero-order valence-electron chi connectivity index (χ0n) is 14.4. The Morgan fingerprint density at radius 3 is 2.50 bits per heavy atom. The molecular formula is C18H23N3O3. The van der Waals surface area contributed by atoms with Gasteiger partial charge in [0.1, 0.15) is 0 Å². The third-order valence-corrected chi connectivity index (χ3v) is 4.09. The van der Waals surface area contributed by atoms with Gasteiger partial charge in [-0.2, -0.15) is 0 Å². The highest BCUT2D eigenvalue weighted by atomic mass is 16.5. The number of aryl methyl sites for hydroxylation is 2. The Bertz CT molecular complexity index is 686. The summed E-state index contributed by atoms with van der Waals surface area (Å²) in [7, 11) is 0. The first-order chi connectivity index (χ1) is 11.5. The third-order valence-electron chi connectivity index (χ3n) is 4.09. The molecule has 1 aliphatic heterocycles. The summed E-state index contributed by atoms with van der Waals surface area (Å²) in [5, 5.41) is 8.12. The van der Waals surface area contributed by atoms with E-state index in [2.05, 4.69) is 10.2 Å². The molecule has 0 radical (unpaired) electrons. The fourth-order valence-electron chi connectivity index (χ4n) is 2.92. The first kappa shape index (κ1) is 16.6. The Morgan fingerprint density at radius 1 is 1.17 bits per heavy atom. The van der Waals surface area contributed by atoms with Crippen LogP contribution < -0.4 is 0 Å². The molecule has 6 nitrogen and oxygen atoms in total. The molecule has 1 amide bonds. The van der Waals surface area contributed by atoms with Crippen molar-refractivity contribution in [2.24, 2.45) is 0 Å². The second-order valence-corrected chi connectivity index (χ2v) is 6.42. The van der Waals surface area contributed by atoms with Crippen molar-refractivity contribution in [1.29, 1.82) is 0 Å². The van der Waals surface area contributed by atoms with Crippen molar-refractivity contribution < 1.29 is 13.9 Å². The number of nitrogens with zero attached hydrogens (tertiary/aromatic N) is 3. The number of morpholine rings is 1. The van der Waals surface area contributed by atoms with Gasteiger partial charge < -0.3 is 14.1 Å². The number of ether oxygens (including phenoxy) is 1. The Labute approximate surface area is 141 Å². The predicted octanol–water partition coefficient (Wildman–Crippen LogP) is 2.61. The lowest BCUT2D eigenvalue weighted by molar-refractivity contribution is -0.143. The summed E-state index contributed by atoms with van der Waals surface area (Å²) in [6.45, 7) is 7.29. The summed E-state index contributed by atoms with van der Waals surface area (Å²) in [5.74, 6) is 1.09. The monoisotopic (exact) mass is 329 g/mol. The molecule has 1 aromatic heterocycles. The molecule has 1 fully saturated rings. The van der Waals surface area contributed by atoms with Gasteiger partial charge in [0, 0.05) is 31.5 Å². The fraction of sp³-hybridized carbons (Fsp3) is 0.500. The number of hydrogen-bond acceptors (Lipinski definition) is 5. The Morgan fingerprint density at radius 2 is 1.83 bits per heavy atom. The average Bonchev–Trinajstić information content (AvgIpc) is 3.01. The van der Waals surface area contributed by atoms with Crippen molar-refractivity contribution in [2.75, 3.05) is 13.1 Å². The molecule has 3 rings (SSSR count). The lowest BCUT2D eigenvalue weighted by Crippen LogP contribution is -2.48. The van der Waals surface area contributed by atoms with Crippen LogP contribution in [0.25, 0.3) is 11.5 Å². The van der Waals surface area contributed by atoms with Gasteiger partial charge in [0.15, 0.2) is 0 Å². The number of carbonyl (C=O) groups is 1. The van der Waals surface area contributed by atoms with Gasteiger partial charge in [0.25, 0.3) is 0 Å². The van der Waals surface area contributed by atoms with Crippen molar-refractivity contribution in [1.82, 2.24) is 15.1 Å². The standard InChI is InChI=1S/C18H23N3O3/c1-12-4-6-15(7-5-12)18-20-19-16(24-18)8-9-17(22)21-10-13(2)23-14(3)11-21/h4-7,13-14H,8-11H2,1-3H3. The van der Waals surface area contributed by atoms with Crippen molar-refractivity contribution in [2.45, 2.75) is 45.8 Å². The molecule has 128 valence electrons. The summed E-state index contributed by atoms with van der Waals surface area (Å²) in [5.41, 5.74) is 2.07. The zero-order valence-corrected chi connectivity index (χ0v) is 14.4. The van der Waals surface area contributed by atoms with Crippen LogP contribution in [0.15, 0.2) is 28.7 Å². The molecule has 0 spiro atoms. The van der Waals surface area contributed by atoms with Crippen molar-refractivity contribution in [3.8, 4) is 11.5 Å². The number of aromatic nitrogens is 2. The minimum Gasteiger partial charge on any atom is -0.421 e. The van der Waals surface area contributed by atoms with E-state index in [0.29, 0.717) is 37.7 Å². The molecule has 0 bridgehead atoms. The molecule has 1 aliphatic rings. The van der Waals surface area contributed by atoms with E-state index in [9.17, 15) is 4.79 Å². The van der Waals surface area contributed by atoms with Gasteiger partial charge in [-0.25, -0.2) is 0 Å². The molecule has 24 heavy (non-hydrogen) atoms. The maximum atomic E-state index is 12.4.